The quantitative estimate of drug-likeness (QED) is 0.763. The van der Waals surface area contributed by atoms with Crippen molar-refractivity contribution < 1.29 is 9.84 Å². The molecule has 0 aliphatic heterocycles. The highest BCUT2D eigenvalue weighted by molar-refractivity contribution is 5.30. The van der Waals surface area contributed by atoms with Gasteiger partial charge in [-0.15, -0.1) is 0 Å². The van der Waals surface area contributed by atoms with Crippen LogP contribution in [0.3, 0.4) is 0 Å². The van der Waals surface area contributed by atoms with Gasteiger partial charge in [0.2, 0.25) is 5.88 Å². The van der Waals surface area contributed by atoms with Crippen molar-refractivity contribution in [2.24, 2.45) is 12.5 Å². The lowest BCUT2D eigenvalue weighted by atomic mass is 10.1. The highest BCUT2D eigenvalue weighted by Gasteiger charge is 2.41. The standard InChI is InChI=1S/C12H21N3O2/c1-9-10(11(17-3)15(2)14-9)6-13-7-12(8-16)4-5-12/h13,16H,4-8H2,1-3H3. The molecule has 2 N–H and O–H groups in total. The van der Waals surface area contributed by atoms with Crippen LogP contribution >= 0.6 is 0 Å². The number of aliphatic hydroxyl groups excluding tert-OH is 1. The van der Waals surface area contributed by atoms with Crippen molar-refractivity contribution in [2.45, 2.75) is 26.3 Å². The average Bonchev–Trinajstić information content (AvgIpc) is 3.03. The Balaban J connectivity index is 1.94. The highest BCUT2D eigenvalue weighted by atomic mass is 16.5. The van der Waals surface area contributed by atoms with E-state index in [2.05, 4.69) is 10.4 Å². The van der Waals surface area contributed by atoms with Crippen LogP contribution in [0.15, 0.2) is 0 Å². The Hall–Kier alpha value is -1.07. The lowest BCUT2D eigenvalue weighted by molar-refractivity contribution is 0.207. The summed E-state index contributed by atoms with van der Waals surface area (Å²) in [7, 11) is 3.54. The number of hydrogen-bond acceptors (Lipinski definition) is 4. The van der Waals surface area contributed by atoms with E-state index in [4.69, 9.17) is 4.74 Å². The van der Waals surface area contributed by atoms with Crippen LogP contribution in [0.4, 0.5) is 0 Å². The van der Waals surface area contributed by atoms with Gasteiger partial charge in [-0.2, -0.15) is 5.10 Å². The first kappa shape index (κ1) is 12.4. The summed E-state index contributed by atoms with van der Waals surface area (Å²) in [4.78, 5) is 0. The van der Waals surface area contributed by atoms with Gasteiger partial charge < -0.3 is 15.2 Å². The third-order valence-electron chi connectivity index (χ3n) is 3.58. The van der Waals surface area contributed by atoms with E-state index in [0.29, 0.717) is 0 Å². The second-order valence-electron chi connectivity index (χ2n) is 4.96. The Morgan fingerprint density at radius 3 is 2.76 bits per heavy atom. The molecule has 0 unspecified atom stereocenters. The first-order valence-corrected chi connectivity index (χ1v) is 6.00. The molecule has 0 aromatic carbocycles. The molecule has 1 fully saturated rings. The minimum absolute atomic E-state index is 0.142. The smallest absolute Gasteiger partial charge is 0.216 e. The molecule has 5 heteroatoms. The fourth-order valence-electron chi connectivity index (χ4n) is 2.16. The van der Waals surface area contributed by atoms with Crippen LogP contribution < -0.4 is 10.1 Å². The molecule has 0 atom stereocenters. The van der Waals surface area contributed by atoms with Crippen molar-refractivity contribution in [3.8, 4) is 5.88 Å². The van der Waals surface area contributed by atoms with E-state index in [-0.39, 0.29) is 12.0 Å². The molecule has 1 aliphatic carbocycles. The number of methoxy groups -OCH3 is 1. The molecule has 0 radical (unpaired) electrons. The summed E-state index contributed by atoms with van der Waals surface area (Å²) in [5, 5.41) is 17.0. The van der Waals surface area contributed by atoms with Crippen LogP contribution in [-0.2, 0) is 13.6 Å². The lowest BCUT2D eigenvalue weighted by Crippen LogP contribution is -2.26. The van der Waals surface area contributed by atoms with E-state index in [1.54, 1.807) is 11.8 Å². The molecule has 1 aromatic heterocycles. The van der Waals surface area contributed by atoms with Gasteiger partial charge in [0.15, 0.2) is 0 Å². The third-order valence-corrected chi connectivity index (χ3v) is 3.58. The van der Waals surface area contributed by atoms with Gasteiger partial charge in [-0.1, -0.05) is 0 Å². The highest BCUT2D eigenvalue weighted by Crippen LogP contribution is 2.44. The fourth-order valence-corrected chi connectivity index (χ4v) is 2.16. The van der Waals surface area contributed by atoms with Gasteiger partial charge in [-0.3, -0.25) is 0 Å². The number of hydrogen-bond donors (Lipinski definition) is 2. The fraction of sp³-hybridized carbons (Fsp3) is 0.750. The van der Waals surface area contributed by atoms with Gasteiger partial charge in [0.25, 0.3) is 0 Å². The number of aliphatic hydroxyl groups is 1. The summed E-state index contributed by atoms with van der Waals surface area (Å²) in [6, 6.07) is 0. The zero-order valence-corrected chi connectivity index (χ0v) is 10.8. The van der Waals surface area contributed by atoms with Crippen LogP contribution in [0.2, 0.25) is 0 Å². The van der Waals surface area contributed by atoms with Crippen LogP contribution in [0.1, 0.15) is 24.1 Å². The molecule has 0 spiro atoms. The topological polar surface area (TPSA) is 59.3 Å². The molecule has 1 saturated carbocycles. The number of nitrogens with zero attached hydrogens (tertiary/aromatic N) is 2. The van der Waals surface area contributed by atoms with Gasteiger partial charge in [-0.05, 0) is 19.8 Å². The number of aromatic nitrogens is 2. The van der Waals surface area contributed by atoms with Crippen molar-refractivity contribution >= 4 is 0 Å². The zero-order chi connectivity index (χ0) is 12.5. The van der Waals surface area contributed by atoms with Crippen molar-refractivity contribution in [2.75, 3.05) is 20.3 Å². The molecular weight excluding hydrogens is 218 g/mol. The van der Waals surface area contributed by atoms with Crippen molar-refractivity contribution in [3.63, 3.8) is 0 Å². The SMILES string of the molecule is COc1c(CNCC2(CO)CC2)c(C)nn1C. The van der Waals surface area contributed by atoms with E-state index in [0.717, 1.165) is 43.1 Å². The molecule has 1 aliphatic rings. The maximum atomic E-state index is 9.23. The Labute approximate surface area is 102 Å². The molecule has 96 valence electrons. The van der Waals surface area contributed by atoms with E-state index in [1.807, 2.05) is 14.0 Å². The summed E-state index contributed by atoms with van der Waals surface area (Å²) in [5.74, 6) is 0.809. The molecule has 2 rings (SSSR count). The van der Waals surface area contributed by atoms with E-state index >= 15 is 0 Å². The van der Waals surface area contributed by atoms with E-state index in [9.17, 15) is 5.11 Å². The molecule has 1 aromatic rings. The van der Waals surface area contributed by atoms with E-state index < -0.39 is 0 Å². The van der Waals surface area contributed by atoms with Gasteiger partial charge >= 0.3 is 0 Å². The lowest BCUT2D eigenvalue weighted by Gasteiger charge is -2.13. The predicted octanol–water partition coefficient (Wildman–Crippen LogP) is 0.599. The van der Waals surface area contributed by atoms with Crippen LogP contribution in [0.5, 0.6) is 5.88 Å². The van der Waals surface area contributed by atoms with E-state index in [1.165, 1.54) is 0 Å². The summed E-state index contributed by atoms with van der Waals surface area (Å²) in [5.41, 5.74) is 2.23. The Kier molecular flexibility index (Phi) is 3.40. The van der Waals surface area contributed by atoms with Crippen molar-refractivity contribution in [3.05, 3.63) is 11.3 Å². The first-order valence-electron chi connectivity index (χ1n) is 6.00. The summed E-state index contributed by atoms with van der Waals surface area (Å²) in [6.45, 7) is 3.87. The minimum atomic E-state index is 0.142. The molecule has 0 saturated heterocycles. The monoisotopic (exact) mass is 239 g/mol. The Morgan fingerprint density at radius 1 is 1.53 bits per heavy atom. The van der Waals surface area contributed by atoms with Crippen LogP contribution in [0.25, 0.3) is 0 Å². The van der Waals surface area contributed by atoms with Crippen molar-refractivity contribution in [1.82, 2.24) is 15.1 Å². The van der Waals surface area contributed by atoms with Crippen LogP contribution in [-0.4, -0.2) is 35.1 Å². The normalized spacial score (nSPS) is 17.2. The summed E-state index contributed by atoms with van der Waals surface area (Å²) < 4.78 is 7.09. The first-order chi connectivity index (χ1) is 8.12. The Morgan fingerprint density at radius 2 is 2.24 bits per heavy atom. The van der Waals surface area contributed by atoms with Gasteiger partial charge in [0.1, 0.15) is 0 Å². The zero-order valence-electron chi connectivity index (χ0n) is 10.8. The maximum Gasteiger partial charge on any atom is 0.216 e. The van der Waals surface area contributed by atoms with Gasteiger partial charge in [-0.25, -0.2) is 4.68 Å². The second-order valence-corrected chi connectivity index (χ2v) is 4.96. The average molecular weight is 239 g/mol. The van der Waals surface area contributed by atoms with Crippen LogP contribution in [0, 0.1) is 12.3 Å². The second kappa shape index (κ2) is 4.66. The Bertz CT molecular complexity index is 397. The molecular formula is C12H21N3O2. The number of ether oxygens (including phenoxy) is 1. The molecule has 1 heterocycles. The minimum Gasteiger partial charge on any atom is -0.481 e. The van der Waals surface area contributed by atoms with Gasteiger partial charge in [0, 0.05) is 32.2 Å². The summed E-state index contributed by atoms with van der Waals surface area (Å²) >= 11 is 0. The maximum absolute atomic E-state index is 9.23. The molecule has 0 amide bonds. The molecule has 0 bridgehead atoms. The summed E-state index contributed by atoms with van der Waals surface area (Å²) in [6.07, 6.45) is 2.25. The van der Waals surface area contributed by atoms with Crippen molar-refractivity contribution in [1.29, 1.82) is 0 Å². The molecule has 5 nitrogen and oxygen atoms in total. The van der Waals surface area contributed by atoms with Gasteiger partial charge in [0.05, 0.1) is 18.4 Å². The predicted molar refractivity (Wildman–Crippen MR) is 65.0 cm³/mol. The third kappa shape index (κ3) is 2.45. The molecule has 17 heavy (non-hydrogen) atoms. The number of nitrogens with one attached hydrogen (secondary N) is 1. The number of aryl methyl sites for hydroxylation is 2. The largest absolute Gasteiger partial charge is 0.481 e. The number of rotatable bonds is 6.